The minimum atomic E-state index is -0.190. The maximum Gasteiger partial charge on any atom is 0.0644 e. The highest BCUT2D eigenvalue weighted by Gasteiger charge is 2.17. The van der Waals surface area contributed by atoms with Crippen LogP contribution in [-0.4, -0.2) is 31.3 Å². The fraction of sp³-hybridized carbons (Fsp3) is 1.00. The van der Waals surface area contributed by atoms with Gasteiger partial charge in [0.15, 0.2) is 0 Å². The summed E-state index contributed by atoms with van der Waals surface area (Å²) in [6.45, 7) is 6.81. The van der Waals surface area contributed by atoms with Crippen molar-refractivity contribution in [2.75, 3.05) is 19.7 Å². The van der Waals surface area contributed by atoms with Crippen molar-refractivity contribution in [3.05, 3.63) is 0 Å². The first-order chi connectivity index (χ1) is 5.58. The Balaban J connectivity index is 2.13. The second-order valence-electron chi connectivity index (χ2n) is 4.25. The highest BCUT2D eigenvalue weighted by atomic mass is 16.5. The molecule has 12 heavy (non-hydrogen) atoms. The Hall–Kier alpha value is -0.120. The number of piperidine rings is 1. The van der Waals surface area contributed by atoms with E-state index in [1.54, 1.807) is 0 Å². The largest absolute Gasteiger partial charge is 0.376 e. The molecule has 0 bridgehead atoms. The molecule has 1 aliphatic heterocycles. The normalized spacial score (nSPS) is 21.2. The first kappa shape index (κ1) is 9.96. The summed E-state index contributed by atoms with van der Waals surface area (Å²) in [6.07, 6.45) is 2.67. The average molecular weight is 172 g/mol. The van der Waals surface area contributed by atoms with Crippen molar-refractivity contribution in [2.45, 2.75) is 38.3 Å². The van der Waals surface area contributed by atoms with Crippen molar-refractivity contribution in [1.29, 1.82) is 0 Å². The second-order valence-corrected chi connectivity index (χ2v) is 4.25. The molecule has 72 valence electrons. The first-order valence-electron chi connectivity index (χ1n) is 4.69. The highest BCUT2D eigenvalue weighted by Crippen LogP contribution is 2.09. The summed E-state index contributed by atoms with van der Waals surface area (Å²) in [4.78, 5) is 0. The van der Waals surface area contributed by atoms with E-state index in [1.165, 1.54) is 0 Å². The summed E-state index contributed by atoms with van der Waals surface area (Å²) in [5.41, 5.74) is 5.62. The first-order valence-corrected chi connectivity index (χ1v) is 4.69. The summed E-state index contributed by atoms with van der Waals surface area (Å²) in [5.74, 6) is 0. The SMILES string of the molecule is CC(C)(N)COC1CCNCC1. The predicted molar refractivity (Wildman–Crippen MR) is 50.1 cm³/mol. The zero-order valence-corrected chi connectivity index (χ0v) is 8.10. The van der Waals surface area contributed by atoms with E-state index in [0.29, 0.717) is 12.7 Å². The summed E-state index contributed by atoms with van der Waals surface area (Å²) < 4.78 is 5.68. The van der Waals surface area contributed by atoms with Gasteiger partial charge in [-0.25, -0.2) is 0 Å². The Morgan fingerprint density at radius 2 is 2.00 bits per heavy atom. The standard InChI is InChI=1S/C9H20N2O/c1-9(2,10)7-12-8-3-5-11-6-4-8/h8,11H,3-7,10H2,1-2H3. The molecule has 0 amide bonds. The quantitative estimate of drug-likeness (QED) is 0.651. The van der Waals surface area contributed by atoms with Crippen LogP contribution in [0.3, 0.4) is 0 Å². The van der Waals surface area contributed by atoms with Crippen LogP contribution in [0.5, 0.6) is 0 Å². The van der Waals surface area contributed by atoms with Gasteiger partial charge in [0, 0.05) is 5.54 Å². The molecule has 0 saturated carbocycles. The van der Waals surface area contributed by atoms with Gasteiger partial charge in [0.25, 0.3) is 0 Å². The Bertz CT molecular complexity index is 125. The van der Waals surface area contributed by atoms with Gasteiger partial charge in [0.2, 0.25) is 0 Å². The van der Waals surface area contributed by atoms with Crippen LogP contribution < -0.4 is 11.1 Å². The lowest BCUT2D eigenvalue weighted by Crippen LogP contribution is -2.41. The van der Waals surface area contributed by atoms with Gasteiger partial charge < -0.3 is 15.8 Å². The van der Waals surface area contributed by atoms with Crippen LogP contribution in [0.2, 0.25) is 0 Å². The van der Waals surface area contributed by atoms with E-state index in [9.17, 15) is 0 Å². The van der Waals surface area contributed by atoms with E-state index >= 15 is 0 Å². The third-order valence-corrected chi connectivity index (χ3v) is 1.98. The van der Waals surface area contributed by atoms with Gasteiger partial charge in [0.05, 0.1) is 12.7 Å². The second kappa shape index (κ2) is 4.21. The van der Waals surface area contributed by atoms with Crippen LogP contribution in [0.25, 0.3) is 0 Å². The van der Waals surface area contributed by atoms with Crippen LogP contribution >= 0.6 is 0 Å². The van der Waals surface area contributed by atoms with E-state index < -0.39 is 0 Å². The molecular weight excluding hydrogens is 152 g/mol. The summed E-state index contributed by atoms with van der Waals surface area (Å²) in [7, 11) is 0. The van der Waals surface area contributed by atoms with Gasteiger partial charge in [-0.2, -0.15) is 0 Å². The van der Waals surface area contributed by atoms with Crippen molar-refractivity contribution in [3.8, 4) is 0 Å². The molecule has 0 spiro atoms. The molecular formula is C9H20N2O. The van der Waals surface area contributed by atoms with Crippen molar-refractivity contribution in [3.63, 3.8) is 0 Å². The predicted octanol–water partition coefficient (Wildman–Crippen LogP) is 0.492. The van der Waals surface area contributed by atoms with E-state index in [4.69, 9.17) is 10.5 Å². The number of hydrogen-bond acceptors (Lipinski definition) is 3. The average Bonchev–Trinajstić information content (AvgIpc) is 2.02. The van der Waals surface area contributed by atoms with Gasteiger partial charge >= 0.3 is 0 Å². The van der Waals surface area contributed by atoms with Crippen LogP contribution in [0.1, 0.15) is 26.7 Å². The third kappa shape index (κ3) is 4.04. The van der Waals surface area contributed by atoms with Crippen molar-refractivity contribution < 1.29 is 4.74 Å². The fourth-order valence-electron chi connectivity index (χ4n) is 1.29. The molecule has 0 radical (unpaired) electrons. The van der Waals surface area contributed by atoms with Crippen molar-refractivity contribution >= 4 is 0 Å². The van der Waals surface area contributed by atoms with Gasteiger partial charge in [-0.3, -0.25) is 0 Å². The van der Waals surface area contributed by atoms with Gasteiger partial charge in [-0.1, -0.05) is 0 Å². The molecule has 0 aromatic carbocycles. The molecule has 3 heteroatoms. The topological polar surface area (TPSA) is 47.3 Å². The zero-order chi connectivity index (χ0) is 9.03. The molecule has 1 rings (SSSR count). The molecule has 0 atom stereocenters. The Kier molecular flexibility index (Phi) is 3.50. The monoisotopic (exact) mass is 172 g/mol. The van der Waals surface area contributed by atoms with Gasteiger partial charge in [-0.15, -0.1) is 0 Å². The van der Waals surface area contributed by atoms with Crippen LogP contribution in [0, 0.1) is 0 Å². The fourth-order valence-corrected chi connectivity index (χ4v) is 1.29. The molecule has 3 N–H and O–H groups in total. The molecule has 1 aliphatic rings. The van der Waals surface area contributed by atoms with Gasteiger partial charge in [0.1, 0.15) is 0 Å². The van der Waals surface area contributed by atoms with E-state index in [1.807, 2.05) is 13.8 Å². The number of ether oxygens (including phenoxy) is 1. The van der Waals surface area contributed by atoms with E-state index in [0.717, 1.165) is 25.9 Å². The smallest absolute Gasteiger partial charge is 0.0644 e. The molecule has 0 aromatic rings. The lowest BCUT2D eigenvalue weighted by atomic mass is 10.1. The molecule has 1 fully saturated rings. The van der Waals surface area contributed by atoms with Crippen molar-refractivity contribution in [1.82, 2.24) is 5.32 Å². The Labute approximate surface area is 74.7 Å². The lowest BCUT2D eigenvalue weighted by molar-refractivity contribution is 0.0107. The Morgan fingerprint density at radius 1 is 1.42 bits per heavy atom. The minimum Gasteiger partial charge on any atom is -0.376 e. The zero-order valence-electron chi connectivity index (χ0n) is 8.10. The Morgan fingerprint density at radius 3 is 2.50 bits per heavy atom. The number of nitrogens with two attached hydrogens (primary N) is 1. The highest BCUT2D eigenvalue weighted by molar-refractivity contribution is 4.74. The molecule has 0 aromatic heterocycles. The number of rotatable bonds is 3. The lowest BCUT2D eigenvalue weighted by Gasteiger charge is -2.27. The summed E-state index contributed by atoms with van der Waals surface area (Å²) in [6, 6.07) is 0. The summed E-state index contributed by atoms with van der Waals surface area (Å²) in [5, 5.41) is 3.30. The maximum absolute atomic E-state index is 5.81. The van der Waals surface area contributed by atoms with Gasteiger partial charge in [-0.05, 0) is 39.8 Å². The minimum absolute atomic E-state index is 0.190. The molecule has 3 nitrogen and oxygen atoms in total. The van der Waals surface area contributed by atoms with Crippen molar-refractivity contribution in [2.24, 2.45) is 5.73 Å². The van der Waals surface area contributed by atoms with E-state index in [-0.39, 0.29) is 5.54 Å². The van der Waals surface area contributed by atoms with E-state index in [2.05, 4.69) is 5.32 Å². The number of hydrogen-bond donors (Lipinski definition) is 2. The number of nitrogens with one attached hydrogen (secondary N) is 1. The molecule has 1 heterocycles. The molecule has 1 saturated heterocycles. The van der Waals surface area contributed by atoms with Crippen LogP contribution in [0.4, 0.5) is 0 Å². The van der Waals surface area contributed by atoms with Crippen LogP contribution in [-0.2, 0) is 4.74 Å². The van der Waals surface area contributed by atoms with Crippen LogP contribution in [0.15, 0.2) is 0 Å². The summed E-state index contributed by atoms with van der Waals surface area (Å²) >= 11 is 0. The maximum atomic E-state index is 5.81. The molecule has 0 aliphatic carbocycles. The third-order valence-electron chi connectivity index (χ3n) is 1.98. The molecule has 0 unspecified atom stereocenters.